The summed E-state index contributed by atoms with van der Waals surface area (Å²) < 4.78 is 85.6. The molecule has 0 saturated carbocycles. The van der Waals surface area contributed by atoms with E-state index < -0.39 is 25.8 Å². The van der Waals surface area contributed by atoms with Crippen LogP contribution >= 0.6 is 0 Å². The van der Waals surface area contributed by atoms with E-state index in [4.69, 9.17) is 0 Å². The smallest absolute Gasteiger partial charge is 0.872 e. The van der Waals surface area contributed by atoms with Crippen molar-refractivity contribution < 1.29 is 56.9 Å². The third-order valence-electron chi connectivity index (χ3n) is 4.16. The van der Waals surface area contributed by atoms with Gasteiger partial charge in [-0.3, -0.25) is 9.98 Å². The Morgan fingerprint density at radius 2 is 1.00 bits per heavy atom. The average molecular weight is 660 g/mol. The van der Waals surface area contributed by atoms with E-state index in [9.17, 15) is 39.8 Å². The maximum absolute atomic E-state index is 13.1. The van der Waals surface area contributed by atoms with E-state index in [1.165, 1.54) is 36.7 Å². The van der Waals surface area contributed by atoms with Crippen molar-refractivity contribution in [3.8, 4) is 11.5 Å². The molecule has 0 amide bonds. The molecule has 0 fully saturated rings. The minimum atomic E-state index is -11.1. The number of nitrogens with one attached hydrogen (secondary N) is 2. The maximum Gasteiger partial charge on any atom is 3.00 e. The first-order chi connectivity index (χ1) is 17.0. The molecule has 2 rings (SSSR count). The molecule has 214 valence electrons. The van der Waals surface area contributed by atoms with Crippen LogP contribution in [0.2, 0.25) is 0 Å². The van der Waals surface area contributed by atoms with Crippen LogP contribution in [0.3, 0.4) is 0 Å². The van der Waals surface area contributed by atoms with Crippen molar-refractivity contribution in [2.45, 2.75) is 12.8 Å². The van der Waals surface area contributed by atoms with Crippen LogP contribution in [0.5, 0.6) is 11.5 Å². The van der Waals surface area contributed by atoms with Gasteiger partial charge in [0, 0.05) is 38.6 Å². The molecule has 0 aliphatic heterocycles. The van der Waals surface area contributed by atoms with Gasteiger partial charge in [-0.05, 0) is 61.3 Å². The summed E-state index contributed by atoms with van der Waals surface area (Å²) >= 11 is -11.1. The van der Waals surface area contributed by atoms with Gasteiger partial charge >= 0.3 is 52.0 Å². The molecule has 2 N–H and O–H groups in total. The van der Waals surface area contributed by atoms with E-state index in [0.717, 1.165) is 51.2 Å². The van der Waals surface area contributed by atoms with E-state index in [2.05, 4.69) is 20.6 Å². The van der Waals surface area contributed by atoms with Gasteiger partial charge in [0.05, 0.1) is 0 Å². The quantitative estimate of drug-likeness (QED) is 0.148. The van der Waals surface area contributed by atoms with Gasteiger partial charge in [-0.15, -0.1) is 0 Å². The Labute approximate surface area is 226 Å². The molecule has 0 bridgehead atoms. The summed E-state index contributed by atoms with van der Waals surface area (Å²) in [7, 11) is 0. The fourth-order valence-electron chi connectivity index (χ4n) is 2.58. The normalized spacial score (nSPS) is 13.5. The van der Waals surface area contributed by atoms with E-state index in [1.54, 1.807) is 0 Å². The molecule has 16 heteroatoms. The molecule has 38 heavy (non-hydrogen) atoms. The molecule has 2 aromatic carbocycles. The van der Waals surface area contributed by atoms with Crippen molar-refractivity contribution in [2.24, 2.45) is 9.98 Å². The van der Waals surface area contributed by atoms with Gasteiger partial charge in [0.2, 0.25) is 0 Å². The second-order valence-corrected chi connectivity index (χ2v) is 11.6. The zero-order valence-electron chi connectivity index (χ0n) is 19.8. The maximum atomic E-state index is 13.1. The van der Waals surface area contributed by atoms with Crippen LogP contribution in [0.4, 0.5) is 29.6 Å². The topological polar surface area (TPSA) is 94.9 Å². The molecule has 0 heterocycles. The Balaban J connectivity index is 0.00000151. The van der Waals surface area contributed by atoms with Crippen LogP contribution < -0.4 is 20.8 Å². The number of aliphatic imine (C=N–C) groups is 2. The molecular weight excluding hydrogens is 634 g/mol. The van der Waals surface area contributed by atoms with Crippen molar-refractivity contribution in [2.75, 3.05) is 39.3 Å². The number of hydrogen-bond donors (Lipinski definition) is 2. The van der Waals surface area contributed by atoms with Gasteiger partial charge in [-0.1, -0.05) is 23.6 Å². The molecule has 2 aromatic rings. The molecule has 0 unspecified atom stereocenters. The number of nitrogens with zero attached hydrogens (tertiary/aromatic N) is 2. The van der Waals surface area contributed by atoms with Gasteiger partial charge in [0.15, 0.2) is 0 Å². The van der Waals surface area contributed by atoms with Gasteiger partial charge in [-0.2, -0.15) is 0 Å². The van der Waals surface area contributed by atoms with Gasteiger partial charge < -0.3 is 20.8 Å². The minimum absolute atomic E-state index is 0. The van der Waals surface area contributed by atoms with Gasteiger partial charge in [-0.25, -0.2) is 8.78 Å². The van der Waals surface area contributed by atoms with E-state index in [-0.39, 0.29) is 39.7 Å². The van der Waals surface area contributed by atoms with Crippen molar-refractivity contribution in [1.29, 1.82) is 0 Å². The summed E-state index contributed by atoms with van der Waals surface area (Å²) in [5.41, 5.74) is 0.529. The molecule has 0 radical (unpaired) electrons. The second kappa shape index (κ2) is 15.4. The SMILES string of the molecule is F[As-](F)(F)(F)(F)F.[Mn+3].[O-]c1ccc(F)cc1C=NCCCNCCNCCCN=Cc1cc(F)ccc1[O-]. The van der Waals surface area contributed by atoms with Gasteiger partial charge in [0.1, 0.15) is 11.6 Å². The fraction of sp³-hybridized carbons (Fsp3) is 0.364. The zero-order valence-corrected chi connectivity index (χ0v) is 22.9. The van der Waals surface area contributed by atoms with Crippen LogP contribution in [-0.4, -0.2) is 65.9 Å². The Morgan fingerprint density at radius 1 is 0.658 bits per heavy atom. The third-order valence-corrected chi connectivity index (χ3v) is 4.16. The van der Waals surface area contributed by atoms with Crippen molar-refractivity contribution in [3.05, 3.63) is 59.2 Å². The molecule has 0 aliphatic carbocycles. The second-order valence-electron chi connectivity index (χ2n) is 7.60. The van der Waals surface area contributed by atoms with Crippen LogP contribution in [-0.2, 0) is 17.1 Å². The molecule has 0 aliphatic rings. The molecule has 0 aromatic heterocycles. The minimum Gasteiger partial charge on any atom is -0.872 e. The first-order valence-electron chi connectivity index (χ1n) is 10.9. The Hall–Kier alpha value is -2.18. The van der Waals surface area contributed by atoms with Crippen LogP contribution in [0.25, 0.3) is 0 Å². The summed E-state index contributed by atoms with van der Waals surface area (Å²) in [4.78, 5) is 8.30. The number of rotatable bonds is 13. The van der Waals surface area contributed by atoms with Crippen molar-refractivity contribution in [1.82, 2.24) is 10.6 Å². The van der Waals surface area contributed by atoms with E-state index >= 15 is 0 Å². The largest absolute Gasteiger partial charge is 3.00 e. The molecular formula is C22H26AsF8MnN4O2. The summed E-state index contributed by atoms with van der Waals surface area (Å²) in [5.74, 6) is -1.36. The molecule has 6 nitrogen and oxygen atoms in total. The Bertz CT molecular complexity index is 977. The predicted molar refractivity (Wildman–Crippen MR) is 124 cm³/mol. The number of halogens is 8. The van der Waals surface area contributed by atoms with Crippen LogP contribution in [0, 0.1) is 11.6 Å². The van der Waals surface area contributed by atoms with Crippen molar-refractivity contribution >= 4 is 26.6 Å². The first kappa shape index (κ1) is 35.8. The molecule has 0 spiro atoms. The molecule has 0 saturated heterocycles. The first-order valence-corrected chi connectivity index (χ1v) is 15.2. The summed E-state index contributed by atoms with van der Waals surface area (Å²) in [6.45, 7) is 4.33. The monoisotopic (exact) mass is 660 g/mol. The van der Waals surface area contributed by atoms with Crippen LogP contribution in [0.15, 0.2) is 46.4 Å². The fourth-order valence-corrected chi connectivity index (χ4v) is 2.58. The van der Waals surface area contributed by atoms with Crippen LogP contribution in [0.1, 0.15) is 24.0 Å². The number of hydrogen-bond acceptors (Lipinski definition) is 6. The summed E-state index contributed by atoms with van der Waals surface area (Å²) in [6.07, 6.45) is 4.47. The summed E-state index contributed by atoms with van der Waals surface area (Å²) in [5, 5.41) is 29.6. The predicted octanol–water partition coefficient (Wildman–Crippen LogP) is 3.75. The van der Waals surface area contributed by atoms with Crippen molar-refractivity contribution in [3.63, 3.8) is 0 Å². The number of benzene rings is 2. The van der Waals surface area contributed by atoms with E-state index in [0.29, 0.717) is 13.1 Å². The Kier molecular flexibility index (Phi) is 14.5. The Morgan fingerprint density at radius 3 is 1.34 bits per heavy atom. The van der Waals surface area contributed by atoms with E-state index in [1.807, 2.05) is 0 Å². The third kappa shape index (κ3) is 21.9. The van der Waals surface area contributed by atoms with Gasteiger partial charge in [0.25, 0.3) is 0 Å². The summed E-state index contributed by atoms with van der Waals surface area (Å²) in [6, 6.07) is 7.05. The zero-order chi connectivity index (χ0) is 28.0. The molecule has 0 atom stereocenters. The average Bonchev–Trinajstić information content (AvgIpc) is 2.76. The standard InChI is InChI=1S/C22H28F2N4O2.AsF6.Mn/c23-19-3-5-21(29)17(13-19)15-27-9-1-7-25-11-12-26-8-2-10-28-16-18-14-20(24)4-6-22(18)30;2-1(3,4,5,6)7;/h3-6,13-16,25-26,29-30H,1-2,7-12H2;;/q;-1;+3/p-2.